The summed E-state index contributed by atoms with van der Waals surface area (Å²) in [6.45, 7) is 1.84. The van der Waals surface area contributed by atoms with Gasteiger partial charge < -0.3 is 15.2 Å². The van der Waals surface area contributed by atoms with Crippen molar-refractivity contribution in [2.75, 3.05) is 12.3 Å². The molecule has 0 saturated heterocycles. The lowest BCUT2D eigenvalue weighted by molar-refractivity contribution is -0.286. The van der Waals surface area contributed by atoms with Gasteiger partial charge in [-0.1, -0.05) is 0 Å². The third kappa shape index (κ3) is 2.85. The molecule has 11 heteroatoms. The van der Waals surface area contributed by atoms with Crippen molar-refractivity contribution >= 4 is 22.5 Å². The first kappa shape index (κ1) is 18.9. The number of alkyl halides is 2. The molecule has 1 saturated carbocycles. The Labute approximate surface area is 186 Å². The highest BCUT2D eigenvalue weighted by Crippen LogP contribution is 2.47. The van der Waals surface area contributed by atoms with Crippen molar-refractivity contribution in [3.8, 4) is 11.5 Å². The van der Waals surface area contributed by atoms with Crippen LogP contribution in [-0.4, -0.2) is 47.8 Å². The highest BCUT2D eigenvalue weighted by molar-refractivity contribution is 5.97. The number of hydrogen-bond donors (Lipinski definition) is 1. The Balaban J connectivity index is 1.25. The molecule has 1 aliphatic carbocycles. The van der Waals surface area contributed by atoms with Crippen molar-refractivity contribution in [3.63, 3.8) is 0 Å². The maximum absolute atomic E-state index is 13.6. The van der Waals surface area contributed by atoms with Gasteiger partial charge in [0.2, 0.25) is 5.95 Å². The Morgan fingerprint density at radius 2 is 1.97 bits per heavy atom. The molecule has 3 aromatic heterocycles. The van der Waals surface area contributed by atoms with Crippen LogP contribution < -0.4 is 15.2 Å². The van der Waals surface area contributed by atoms with E-state index in [0.717, 1.165) is 32.4 Å². The minimum Gasteiger partial charge on any atom is -0.395 e. The highest BCUT2D eigenvalue weighted by Gasteiger charge is 2.49. The van der Waals surface area contributed by atoms with Gasteiger partial charge >= 0.3 is 6.29 Å². The van der Waals surface area contributed by atoms with Gasteiger partial charge in [-0.3, -0.25) is 9.88 Å². The molecule has 33 heavy (non-hydrogen) atoms. The summed E-state index contributed by atoms with van der Waals surface area (Å²) in [7, 11) is 0. The van der Waals surface area contributed by atoms with E-state index in [0.29, 0.717) is 23.3 Å². The van der Waals surface area contributed by atoms with Crippen LogP contribution in [0.2, 0.25) is 0 Å². The first-order valence-electron chi connectivity index (χ1n) is 10.8. The molecule has 1 fully saturated rings. The Morgan fingerprint density at radius 3 is 2.82 bits per heavy atom. The van der Waals surface area contributed by atoms with E-state index in [1.54, 1.807) is 6.07 Å². The van der Waals surface area contributed by atoms with E-state index in [2.05, 4.69) is 35.5 Å². The van der Waals surface area contributed by atoms with Crippen LogP contribution in [0.5, 0.6) is 11.5 Å². The van der Waals surface area contributed by atoms with Crippen LogP contribution in [0.4, 0.5) is 14.7 Å². The van der Waals surface area contributed by atoms with E-state index < -0.39 is 6.29 Å². The second kappa shape index (κ2) is 6.25. The standard InChI is InChI=1S/C22H19F2N7O2/c23-22(24)32-15-2-1-14-17(18(15)33-22)28-20(25)31-19(14)27-16(29-31)9-21(5-6-21)30-8-4-12-3-7-26-10-13(12)11-30/h1-3,7,10H,4-6,8-9,11H2,(H2,25,28). The molecule has 0 amide bonds. The van der Waals surface area contributed by atoms with Crippen LogP contribution in [0.1, 0.15) is 29.8 Å². The number of benzene rings is 1. The van der Waals surface area contributed by atoms with Crippen LogP contribution in [0.3, 0.4) is 0 Å². The fourth-order valence-corrected chi connectivity index (χ4v) is 5.05. The monoisotopic (exact) mass is 451 g/mol. The first-order valence-corrected chi connectivity index (χ1v) is 10.8. The number of fused-ring (bicyclic) bond motifs is 6. The number of hydrogen-bond acceptors (Lipinski definition) is 8. The molecule has 168 valence electrons. The smallest absolute Gasteiger partial charge is 0.395 e. The molecule has 0 bridgehead atoms. The number of pyridine rings is 1. The summed E-state index contributed by atoms with van der Waals surface area (Å²) in [4.78, 5) is 15.8. The quantitative estimate of drug-likeness (QED) is 0.507. The van der Waals surface area contributed by atoms with Crippen LogP contribution in [0, 0.1) is 0 Å². The van der Waals surface area contributed by atoms with Gasteiger partial charge in [0.05, 0.1) is 0 Å². The fourth-order valence-electron chi connectivity index (χ4n) is 5.05. The Morgan fingerprint density at radius 1 is 1.09 bits per heavy atom. The van der Waals surface area contributed by atoms with Crippen LogP contribution >= 0.6 is 0 Å². The minimum atomic E-state index is -3.74. The van der Waals surface area contributed by atoms with Crippen LogP contribution in [0.25, 0.3) is 16.6 Å². The molecule has 0 spiro atoms. The zero-order valence-corrected chi connectivity index (χ0v) is 17.5. The van der Waals surface area contributed by atoms with Gasteiger partial charge in [0, 0.05) is 42.8 Å². The number of nitrogens with two attached hydrogens (primary N) is 1. The fraction of sp³-hybridized carbons (Fsp3) is 0.364. The predicted molar refractivity (Wildman–Crippen MR) is 113 cm³/mol. The number of aromatic nitrogens is 5. The largest absolute Gasteiger partial charge is 0.586 e. The summed E-state index contributed by atoms with van der Waals surface area (Å²) in [6, 6.07) is 5.14. The molecule has 5 heterocycles. The summed E-state index contributed by atoms with van der Waals surface area (Å²) in [6.07, 6.45) is 3.87. The first-order chi connectivity index (χ1) is 15.9. The summed E-state index contributed by atoms with van der Waals surface area (Å²) in [5.41, 5.74) is 9.39. The molecule has 4 aromatic rings. The van der Waals surface area contributed by atoms with Gasteiger partial charge in [-0.05, 0) is 48.6 Å². The molecule has 0 radical (unpaired) electrons. The van der Waals surface area contributed by atoms with Crippen LogP contribution in [0.15, 0.2) is 30.6 Å². The maximum atomic E-state index is 13.6. The molecule has 7 rings (SSSR count). The number of nitrogens with zero attached hydrogens (tertiary/aromatic N) is 6. The van der Waals surface area contributed by atoms with Crippen molar-refractivity contribution in [2.45, 2.75) is 44.1 Å². The van der Waals surface area contributed by atoms with Gasteiger partial charge in [0.15, 0.2) is 23.0 Å². The summed E-state index contributed by atoms with van der Waals surface area (Å²) < 4.78 is 37.9. The molecule has 0 unspecified atom stereocenters. The van der Waals surface area contributed by atoms with Crippen LogP contribution in [-0.2, 0) is 19.4 Å². The number of nitrogen functional groups attached to an aromatic ring is 1. The van der Waals surface area contributed by atoms with Crippen molar-refractivity contribution < 1.29 is 18.3 Å². The van der Waals surface area contributed by atoms with Gasteiger partial charge in [0.25, 0.3) is 0 Å². The van der Waals surface area contributed by atoms with E-state index in [1.807, 2.05) is 12.4 Å². The van der Waals surface area contributed by atoms with Crippen molar-refractivity contribution in [3.05, 3.63) is 47.5 Å². The van der Waals surface area contributed by atoms with E-state index in [1.165, 1.54) is 21.7 Å². The number of halogens is 2. The Kier molecular flexibility index (Phi) is 3.58. The molecule has 0 atom stereocenters. The lowest BCUT2D eigenvalue weighted by Gasteiger charge is -2.35. The SMILES string of the molecule is Nc1nc2c3c(ccc2c2nc(CC4(N5CCc6ccncc6C5)CC4)nn12)OC(F)(F)O3. The van der Waals surface area contributed by atoms with Crippen molar-refractivity contribution in [1.29, 1.82) is 0 Å². The normalized spacial score (nSPS) is 20.3. The lowest BCUT2D eigenvalue weighted by atomic mass is 9.98. The second-order valence-electron chi connectivity index (χ2n) is 8.91. The Bertz CT molecular complexity index is 1450. The number of anilines is 1. The van der Waals surface area contributed by atoms with E-state index >= 15 is 0 Å². The maximum Gasteiger partial charge on any atom is 0.586 e. The molecule has 9 nitrogen and oxygen atoms in total. The van der Waals surface area contributed by atoms with Gasteiger partial charge in [0.1, 0.15) is 5.52 Å². The highest BCUT2D eigenvalue weighted by atomic mass is 19.3. The van der Waals surface area contributed by atoms with Crippen molar-refractivity contribution in [2.24, 2.45) is 0 Å². The summed E-state index contributed by atoms with van der Waals surface area (Å²) in [5.74, 6) is 0.468. The molecule has 2 N–H and O–H groups in total. The van der Waals surface area contributed by atoms with Gasteiger partial charge in [-0.25, -0.2) is 9.97 Å². The molecular formula is C22H19F2N7O2. The van der Waals surface area contributed by atoms with Gasteiger partial charge in [-0.2, -0.15) is 4.52 Å². The third-order valence-electron chi connectivity index (χ3n) is 6.88. The zero-order chi connectivity index (χ0) is 22.4. The molecule has 1 aromatic carbocycles. The molecule has 3 aliphatic rings. The topological polar surface area (TPSA) is 104 Å². The Hall–Kier alpha value is -3.60. The zero-order valence-electron chi connectivity index (χ0n) is 17.5. The second-order valence-corrected chi connectivity index (χ2v) is 8.91. The molecular weight excluding hydrogens is 432 g/mol. The lowest BCUT2D eigenvalue weighted by Crippen LogP contribution is -2.42. The average Bonchev–Trinajstić information content (AvgIpc) is 3.32. The molecule has 2 aliphatic heterocycles. The minimum absolute atomic E-state index is 0.0106. The van der Waals surface area contributed by atoms with Crippen molar-refractivity contribution in [1.82, 2.24) is 29.5 Å². The average molecular weight is 451 g/mol. The van der Waals surface area contributed by atoms with E-state index in [-0.39, 0.29) is 28.5 Å². The third-order valence-corrected chi connectivity index (χ3v) is 6.88. The predicted octanol–water partition coefficient (Wildman–Crippen LogP) is 2.71. The number of ether oxygens (including phenoxy) is 2. The number of rotatable bonds is 3. The summed E-state index contributed by atoms with van der Waals surface area (Å²) >= 11 is 0. The summed E-state index contributed by atoms with van der Waals surface area (Å²) in [5, 5.41) is 5.13. The van der Waals surface area contributed by atoms with Gasteiger partial charge in [-0.15, -0.1) is 13.9 Å². The van der Waals surface area contributed by atoms with E-state index in [9.17, 15) is 8.78 Å². The van der Waals surface area contributed by atoms with E-state index in [4.69, 9.17) is 10.7 Å².